The van der Waals surface area contributed by atoms with E-state index in [4.69, 9.17) is 0 Å². The van der Waals surface area contributed by atoms with Crippen molar-refractivity contribution in [3.8, 4) is 0 Å². The second-order valence-electron chi connectivity index (χ2n) is 6.83. The van der Waals surface area contributed by atoms with Crippen molar-refractivity contribution in [1.29, 1.82) is 0 Å². The third-order valence-corrected chi connectivity index (χ3v) is 6.30. The zero-order valence-electron chi connectivity index (χ0n) is 15.3. The van der Waals surface area contributed by atoms with E-state index in [1.807, 2.05) is 44.2 Å². The van der Waals surface area contributed by atoms with Gasteiger partial charge in [0.15, 0.2) is 0 Å². The van der Waals surface area contributed by atoms with E-state index in [1.165, 1.54) is 10.6 Å². The van der Waals surface area contributed by atoms with Crippen LogP contribution >= 0.6 is 0 Å². The normalized spacial score (nSPS) is 23.8. The molecule has 2 rings (SSSR count). The summed E-state index contributed by atoms with van der Waals surface area (Å²) in [6.07, 6.45) is 1.52. The van der Waals surface area contributed by atoms with Crippen molar-refractivity contribution in [2.24, 2.45) is 0 Å². The van der Waals surface area contributed by atoms with Gasteiger partial charge in [-0.3, -0.25) is 4.79 Å². The summed E-state index contributed by atoms with van der Waals surface area (Å²) in [6, 6.07) is 8.90. The van der Waals surface area contributed by atoms with Gasteiger partial charge in [-0.1, -0.05) is 37.3 Å². The summed E-state index contributed by atoms with van der Waals surface area (Å²) >= 11 is 0. The smallest absolute Gasteiger partial charge is 0.222 e. The molecule has 1 heterocycles. The summed E-state index contributed by atoms with van der Waals surface area (Å²) in [5.74, 6) is -0.141. The summed E-state index contributed by atoms with van der Waals surface area (Å²) in [6.45, 7) is 5.53. The van der Waals surface area contributed by atoms with Gasteiger partial charge in [0.2, 0.25) is 15.9 Å². The lowest BCUT2D eigenvalue weighted by molar-refractivity contribution is -0.151. The van der Waals surface area contributed by atoms with E-state index in [1.54, 1.807) is 11.8 Å². The van der Waals surface area contributed by atoms with Crippen molar-refractivity contribution >= 4 is 15.9 Å². The summed E-state index contributed by atoms with van der Waals surface area (Å²) in [7, 11) is -3.39. The molecule has 0 saturated carbocycles. The number of aliphatic hydroxyl groups is 1. The standard InChI is InChI=1S/C18H28N2O4S/c1-5-17(22)20-15(11-19(13(2)3)25(4,23)24)18(16(20)12-21)14-9-7-6-8-10-14/h6-10,13,15-16,18,21H,5,11-12H2,1-4H3/t15-,16-,18-/m0/s1. The van der Waals surface area contributed by atoms with Gasteiger partial charge < -0.3 is 10.0 Å². The fourth-order valence-corrected chi connectivity index (χ4v) is 4.92. The summed E-state index contributed by atoms with van der Waals surface area (Å²) in [5.41, 5.74) is 1.02. The number of hydrogen-bond acceptors (Lipinski definition) is 4. The monoisotopic (exact) mass is 368 g/mol. The van der Waals surface area contributed by atoms with E-state index >= 15 is 0 Å². The maximum Gasteiger partial charge on any atom is 0.222 e. The molecule has 1 aliphatic rings. The minimum Gasteiger partial charge on any atom is -0.394 e. The number of aliphatic hydroxyl groups excluding tert-OH is 1. The number of nitrogens with zero attached hydrogens (tertiary/aromatic N) is 2. The maximum atomic E-state index is 12.4. The SMILES string of the molecule is CCC(=O)N1[C@@H](CO)[C@@H](c2ccccc2)[C@@H]1CN(C(C)C)S(C)(=O)=O. The van der Waals surface area contributed by atoms with Gasteiger partial charge in [0.1, 0.15) is 0 Å². The van der Waals surface area contributed by atoms with Gasteiger partial charge in [0.25, 0.3) is 0 Å². The molecule has 0 aliphatic carbocycles. The number of sulfonamides is 1. The minimum absolute atomic E-state index is 0.0616. The number of benzene rings is 1. The largest absolute Gasteiger partial charge is 0.394 e. The van der Waals surface area contributed by atoms with Crippen LogP contribution in [0.1, 0.15) is 38.7 Å². The zero-order valence-corrected chi connectivity index (χ0v) is 16.1. The van der Waals surface area contributed by atoms with Crippen LogP contribution in [0.2, 0.25) is 0 Å². The fourth-order valence-electron chi connectivity index (χ4n) is 3.74. The number of rotatable bonds is 7. The molecule has 0 aromatic heterocycles. The molecule has 0 radical (unpaired) electrons. The molecule has 6 nitrogen and oxygen atoms in total. The molecule has 1 amide bonds. The van der Waals surface area contributed by atoms with Gasteiger partial charge >= 0.3 is 0 Å². The van der Waals surface area contributed by atoms with E-state index in [0.29, 0.717) is 6.42 Å². The van der Waals surface area contributed by atoms with Gasteiger partial charge in [-0.15, -0.1) is 0 Å². The Bertz CT molecular complexity index is 690. The molecule has 7 heteroatoms. The molecule has 1 N–H and O–H groups in total. The highest BCUT2D eigenvalue weighted by atomic mass is 32.2. The number of carbonyl (C=O) groups excluding carboxylic acids is 1. The first-order valence-corrected chi connectivity index (χ1v) is 10.5. The lowest BCUT2D eigenvalue weighted by Crippen LogP contribution is -2.69. The van der Waals surface area contributed by atoms with Crippen molar-refractivity contribution in [2.45, 2.75) is 51.2 Å². The second-order valence-corrected chi connectivity index (χ2v) is 8.77. The van der Waals surface area contributed by atoms with Gasteiger partial charge in [-0.05, 0) is 19.4 Å². The first-order valence-electron chi connectivity index (χ1n) is 8.66. The molecule has 3 atom stereocenters. The molecule has 1 aromatic rings. The summed E-state index contributed by atoms with van der Waals surface area (Å²) in [5, 5.41) is 9.83. The molecular formula is C18H28N2O4S. The van der Waals surface area contributed by atoms with Crippen LogP contribution in [0.15, 0.2) is 30.3 Å². The quantitative estimate of drug-likeness (QED) is 0.790. The van der Waals surface area contributed by atoms with Gasteiger partial charge in [0.05, 0.1) is 24.9 Å². The van der Waals surface area contributed by atoms with Crippen molar-refractivity contribution in [2.75, 3.05) is 19.4 Å². The number of hydrogen-bond donors (Lipinski definition) is 1. The van der Waals surface area contributed by atoms with Gasteiger partial charge in [0, 0.05) is 24.9 Å². The molecule has 0 unspecified atom stereocenters. The second kappa shape index (κ2) is 7.85. The highest BCUT2D eigenvalue weighted by Gasteiger charge is 2.51. The molecule has 0 spiro atoms. The fraction of sp³-hybridized carbons (Fsp3) is 0.611. The van der Waals surface area contributed by atoms with E-state index in [9.17, 15) is 18.3 Å². The highest BCUT2D eigenvalue weighted by molar-refractivity contribution is 7.88. The Morgan fingerprint density at radius 2 is 1.84 bits per heavy atom. The highest BCUT2D eigenvalue weighted by Crippen LogP contribution is 2.41. The van der Waals surface area contributed by atoms with Crippen molar-refractivity contribution in [3.63, 3.8) is 0 Å². The first-order chi connectivity index (χ1) is 11.7. The Kier molecular flexibility index (Phi) is 6.24. The predicted molar refractivity (Wildman–Crippen MR) is 97.7 cm³/mol. The average Bonchev–Trinajstić information content (AvgIpc) is 2.53. The van der Waals surface area contributed by atoms with E-state index in [-0.39, 0.29) is 43.1 Å². The Hall–Kier alpha value is -1.44. The number of amides is 1. The maximum absolute atomic E-state index is 12.4. The molecule has 25 heavy (non-hydrogen) atoms. The van der Waals surface area contributed by atoms with Crippen LogP contribution in [0.4, 0.5) is 0 Å². The Balaban J connectivity index is 2.38. The average molecular weight is 368 g/mol. The molecule has 1 saturated heterocycles. The molecule has 1 fully saturated rings. The molecule has 1 aromatic carbocycles. The van der Waals surface area contributed by atoms with Crippen molar-refractivity contribution < 1.29 is 18.3 Å². The van der Waals surface area contributed by atoms with Crippen LogP contribution < -0.4 is 0 Å². The minimum atomic E-state index is -3.39. The Morgan fingerprint density at radius 1 is 1.24 bits per heavy atom. The number of carbonyl (C=O) groups is 1. The lowest BCUT2D eigenvalue weighted by atomic mass is 9.74. The van der Waals surface area contributed by atoms with Crippen LogP contribution in [-0.4, -0.2) is 66.2 Å². The van der Waals surface area contributed by atoms with Gasteiger partial charge in [-0.2, -0.15) is 4.31 Å². The van der Waals surface area contributed by atoms with E-state index < -0.39 is 10.0 Å². The Labute approximate surface area is 150 Å². The summed E-state index contributed by atoms with van der Waals surface area (Å²) < 4.78 is 25.8. The van der Waals surface area contributed by atoms with Crippen molar-refractivity contribution in [3.05, 3.63) is 35.9 Å². The van der Waals surface area contributed by atoms with E-state index in [0.717, 1.165) is 5.56 Å². The van der Waals surface area contributed by atoms with Crippen LogP contribution in [0.3, 0.4) is 0 Å². The number of likely N-dealkylation sites (tertiary alicyclic amines) is 1. The predicted octanol–water partition coefficient (Wildman–Crippen LogP) is 1.42. The molecule has 140 valence electrons. The molecule has 1 aliphatic heterocycles. The zero-order chi connectivity index (χ0) is 18.8. The first kappa shape index (κ1) is 19.9. The third kappa shape index (κ3) is 4.04. The van der Waals surface area contributed by atoms with Crippen LogP contribution in [0.25, 0.3) is 0 Å². The topological polar surface area (TPSA) is 77.9 Å². The van der Waals surface area contributed by atoms with Crippen LogP contribution in [0.5, 0.6) is 0 Å². The molecular weight excluding hydrogens is 340 g/mol. The third-order valence-electron chi connectivity index (χ3n) is 4.87. The van der Waals surface area contributed by atoms with E-state index in [2.05, 4.69) is 0 Å². The van der Waals surface area contributed by atoms with Crippen LogP contribution in [-0.2, 0) is 14.8 Å². The Morgan fingerprint density at radius 3 is 2.28 bits per heavy atom. The lowest BCUT2D eigenvalue weighted by Gasteiger charge is -2.56. The summed E-state index contributed by atoms with van der Waals surface area (Å²) in [4.78, 5) is 14.1. The van der Waals surface area contributed by atoms with Crippen molar-refractivity contribution in [1.82, 2.24) is 9.21 Å². The molecule has 0 bridgehead atoms. The van der Waals surface area contributed by atoms with Gasteiger partial charge in [-0.25, -0.2) is 8.42 Å². The van der Waals surface area contributed by atoms with Crippen LogP contribution in [0, 0.1) is 0 Å².